The van der Waals surface area contributed by atoms with E-state index in [1.165, 1.54) is 13.3 Å². The van der Waals surface area contributed by atoms with E-state index in [0.717, 1.165) is 18.4 Å². The number of pyridine rings is 1. The van der Waals surface area contributed by atoms with Gasteiger partial charge in [-0.3, -0.25) is 9.78 Å². The van der Waals surface area contributed by atoms with Gasteiger partial charge in [0.2, 0.25) is 0 Å². The summed E-state index contributed by atoms with van der Waals surface area (Å²) in [6, 6.07) is 12.9. The molecule has 0 radical (unpaired) electrons. The van der Waals surface area contributed by atoms with Crippen molar-refractivity contribution in [2.75, 3.05) is 20.2 Å². The molecule has 1 N–H and O–H groups in total. The second-order valence-corrected chi connectivity index (χ2v) is 7.68. The quantitative estimate of drug-likeness (QED) is 0.828. The molecule has 0 bridgehead atoms. The number of hydrogen-bond donors (Lipinski definition) is 1. The summed E-state index contributed by atoms with van der Waals surface area (Å²) in [5, 5.41) is 11.5. The molecule has 146 valence electrons. The fourth-order valence-corrected chi connectivity index (χ4v) is 4.70. The van der Waals surface area contributed by atoms with Gasteiger partial charge in [0.1, 0.15) is 5.69 Å². The predicted molar refractivity (Wildman–Crippen MR) is 103 cm³/mol. The zero-order valence-electron chi connectivity index (χ0n) is 15.9. The maximum atomic E-state index is 13.0. The van der Waals surface area contributed by atoms with E-state index in [2.05, 4.69) is 9.72 Å². The summed E-state index contributed by atoms with van der Waals surface area (Å²) in [5.74, 6) is -0.355. The first kappa shape index (κ1) is 18.6. The van der Waals surface area contributed by atoms with Crippen molar-refractivity contribution in [1.82, 2.24) is 9.88 Å². The van der Waals surface area contributed by atoms with E-state index in [0.29, 0.717) is 30.8 Å². The van der Waals surface area contributed by atoms with Crippen LogP contribution in [0.15, 0.2) is 48.7 Å². The topological polar surface area (TPSA) is 79.7 Å². The maximum absolute atomic E-state index is 13.0. The molecular formula is C22H24N2O4. The SMILES string of the molecule is COC(=O)c1ccc(C(=O)N2C[C@@H]3CCC[C@@](O)(c4ccccc4)[C@@H]3C2)nc1. The molecule has 2 aromatic rings. The first-order valence-corrected chi connectivity index (χ1v) is 9.64. The summed E-state index contributed by atoms with van der Waals surface area (Å²) >= 11 is 0. The van der Waals surface area contributed by atoms with Crippen LogP contribution in [0.2, 0.25) is 0 Å². The number of aliphatic hydroxyl groups is 1. The molecule has 2 fully saturated rings. The Morgan fingerprint density at radius 3 is 2.64 bits per heavy atom. The van der Waals surface area contributed by atoms with Gasteiger partial charge in [-0.1, -0.05) is 30.3 Å². The molecule has 1 aliphatic heterocycles. The van der Waals surface area contributed by atoms with Crippen molar-refractivity contribution >= 4 is 11.9 Å². The summed E-state index contributed by atoms with van der Waals surface area (Å²) < 4.78 is 4.66. The van der Waals surface area contributed by atoms with Gasteiger partial charge in [-0.2, -0.15) is 0 Å². The number of carbonyl (C=O) groups excluding carboxylic acids is 2. The van der Waals surface area contributed by atoms with Crippen LogP contribution in [0.3, 0.4) is 0 Å². The lowest BCUT2D eigenvalue weighted by Crippen LogP contribution is -2.43. The normalized spacial score (nSPS) is 26.6. The molecule has 1 aliphatic carbocycles. The number of nitrogens with zero attached hydrogens (tertiary/aromatic N) is 2. The molecule has 3 atom stereocenters. The number of methoxy groups -OCH3 is 1. The molecule has 2 aliphatic rings. The molecule has 1 saturated heterocycles. The van der Waals surface area contributed by atoms with E-state index in [-0.39, 0.29) is 17.7 Å². The smallest absolute Gasteiger partial charge is 0.339 e. The van der Waals surface area contributed by atoms with Crippen molar-refractivity contribution in [3.63, 3.8) is 0 Å². The molecule has 6 heteroatoms. The van der Waals surface area contributed by atoms with Gasteiger partial charge < -0.3 is 14.7 Å². The Bertz CT molecular complexity index is 868. The van der Waals surface area contributed by atoms with E-state index in [1.54, 1.807) is 17.0 Å². The highest BCUT2D eigenvalue weighted by molar-refractivity contribution is 5.94. The molecule has 4 rings (SSSR count). The number of rotatable bonds is 3. The van der Waals surface area contributed by atoms with Gasteiger partial charge in [0.15, 0.2) is 0 Å². The standard InChI is InChI=1S/C22H24N2O4/c1-28-21(26)15-9-10-19(23-12-15)20(25)24-13-16-6-5-11-22(27,18(16)14-24)17-7-3-2-4-8-17/h2-4,7-10,12,16,18,27H,5-6,11,13-14H2,1H3/t16-,18+,22+/m0/s1. The minimum Gasteiger partial charge on any atom is -0.465 e. The molecule has 2 heterocycles. The van der Waals surface area contributed by atoms with Gasteiger partial charge in [0.05, 0.1) is 18.3 Å². The number of aromatic nitrogens is 1. The van der Waals surface area contributed by atoms with Crippen LogP contribution in [0.1, 0.15) is 45.7 Å². The number of benzene rings is 1. The van der Waals surface area contributed by atoms with Gasteiger partial charge in [-0.25, -0.2) is 4.79 Å². The third kappa shape index (κ3) is 3.18. The highest BCUT2D eigenvalue weighted by Crippen LogP contribution is 2.48. The zero-order chi connectivity index (χ0) is 19.7. The van der Waals surface area contributed by atoms with E-state index in [4.69, 9.17) is 0 Å². The Balaban J connectivity index is 1.54. The Morgan fingerprint density at radius 1 is 1.18 bits per heavy atom. The number of esters is 1. The van der Waals surface area contributed by atoms with E-state index in [1.807, 2.05) is 30.3 Å². The van der Waals surface area contributed by atoms with Crippen LogP contribution in [0.5, 0.6) is 0 Å². The van der Waals surface area contributed by atoms with Crippen molar-refractivity contribution in [1.29, 1.82) is 0 Å². The number of amides is 1. The van der Waals surface area contributed by atoms with Crippen molar-refractivity contribution in [2.45, 2.75) is 24.9 Å². The highest BCUT2D eigenvalue weighted by atomic mass is 16.5. The lowest BCUT2D eigenvalue weighted by molar-refractivity contribution is -0.0644. The lowest BCUT2D eigenvalue weighted by atomic mass is 9.67. The Labute approximate surface area is 164 Å². The first-order valence-electron chi connectivity index (χ1n) is 9.64. The largest absolute Gasteiger partial charge is 0.465 e. The molecule has 28 heavy (non-hydrogen) atoms. The predicted octanol–water partition coefficient (Wildman–Crippen LogP) is 2.63. The summed E-state index contributed by atoms with van der Waals surface area (Å²) in [6.45, 7) is 1.13. The van der Waals surface area contributed by atoms with E-state index in [9.17, 15) is 14.7 Å². The molecule has 1 aromatic carbocycles. The molecule has 0 spiro atoms. The number of likely N-dealkylation sites (tertiary alicyclic amines) is 1. The Hall–Kier alpha value is -2.73. The van der Waals surface area contributed by atoms with Crippen LogP contribution in [-0.4, -0.2) is 47.1 Å². The Morgan fingerprint density at radius 2 is 1.96 bits per heavy atom. The van der Waals surface area contributed by atoms with Crippen molar-refractivity contribution in [3.05, 3.63) is 65.5 Å². The van der Waals surface area contributed by atoms with Crippen LogP contribution in [-0.2, 0) is 10.3 Å². The zero-order valence-corrected chi connectivity index (χ0v) is 15.9. The lowest BCUT2D eigenvalue weighted by Gasteiger charge is -2.41. The summed E-state index contributed by atoms with van der Waals surface area (Å²) in [5.41, 5.74) is 0.642. The van der Waals surface area contributed by atoms with Crippen molar-refractivity contribution in [3.8, 4) is 0 Å². The number of carbonyl (C=O) groups is 2. The summed E-state index contributed by atoms with van der Waals surface area (Å²) in [7, 11) is 1.31. The highest BCUT2D eigenvalue weighted by Gasteiger charge is 2.50. The maximum Gasteiger partial charge on any atom is 0.339 e. The molecule has 0 unspecified atom stereocenters. The molecule has 1 saturated carbocycles. The fraction of sp³-hybridized carbons (Fsp3) is 0.409. The van der Waals surface area contributed by atoms with Crippen molar-refractivity contribution < 1.29 is 19.4 Å². The van der Waals surface area contributed by atoms with Crippen LogP contribution in [0.4, 0.5) is 0 Å². The van der Waals surface area contributed by atoms with Crippen LogP contribution in [0.25, 0.3) is 0 Å². The van der Waals surface area contributed by atoms with Gasteiger partial charge >= 0.3 is 5.97 Å². The fourth-order valence-electron chi connectivity index (χ4n) is 4.70. The minimum absolute atomic E-state index is 0.0157. The van der Waals surface area contributed by atoms with E-state index < -0.39 is 11.6 Å². The summed E-state index contributed by atoms with van der Waals surface area (Å²) in [4.78, 5) is 30.4. The van der Waals surface area contributed by atoms with Crippen LogP contribution < -0.4 is 0 Å². The first-order chi connectivity index (χ1) is 13.5. The molecule has 1 amide bonds. The third-order valence-electron chi connectivity index (χ3n) is 6.15. The number of ether oxygens (including phenoxy) is 1. The number of fused-ring (bicyclic) bond motifs is 1. The second kappa shape index (κ2) is 7.36. The second-order valence-electron chi connectivity index (χ2n) is 7.68. The number of hydrogen-bond acceptors (Lipinski definition) is 5. The molecule has 6 nitrogen and oxygen atoms in total. The average molecular weight is 380 g/mol. The monoisotopic (exact) mass is 380 g/mol. The van der Waals surface area contributed by atoms with Crippen LogP contribution >= 0.6 is 0 Å². The van der Waals surface area contributed by atoms with Crippen LogP contribution in [0, 0.1) is 11.8 Å². The van der Waals surface area contributed by atoms with Gasteiger partial charge in [-0.15, -0.1) is 0 Å². The van der Waals surface area contributed by atoms with Gasteiger partial charge in [0, 0.05) is 25.2 Å². The third-order valence-corrected chi connectivity index (χ3v) is 6.15. The average Bonchev–Trinajstić information content (AvgIpc) is 3.19. The minimum atomic E-state index is -0.901. The van der Waals surface area contributed by atoms with E-state index >= 15 is 0 Å². The van der Waals surface area contributed by atoms with Gasteiger partial charge in [0.25, 0.3) is 5.91 Å². The molecular weight excluding hydrogens is 356 g/mol. The van der Waals surface area contributed by atoms with Gasteiger partial charge in [-0.05, 0) is 42.9 Å². The van der Waals surface area contributed by atoms with Crippen molar-refractivity contribution in [2.24, 2.45) is 11.8 Å². The Kier molecular flexibility index (Phi) is 4.89. The molecule has 1 aromatic heterocycles. The summed E-state index contributed by atoms with van der Waals surface area (Å²) in [6.07, 6.45) is 4.04.